The Labute approximate surface area is 191 Å². The second kappa shape index (κ2) is 8.48. The van der Waals surface area contributed by atoms with Gasteiger partial charge in [0.1, 0.15) is 5.69 Å². The maximum atomic E-state index is 13.0. The fourth-order valence-electron chi connectivity index (χ4n) is 3.97. The summed E-state index contributed by atoms with van der Waals surface area (Å²) in [4.78, 5) is 30.5. The normalized spacial score (nSPS) is 12.9. The van der Waals surface area contributed by atoms with Gasteiger partial charge < -0.3 is 10.6 Å². The molecule has 32 heavy (non-hydrogen) atoms. The first kappa shape index (κ1) is 21.6. The zero-order valence-corrected chi connectivity index (χ0v) is 18.6. The van der Waals surface area contributed by atoms with Crippen molar-refractivity contribution in [1.82, 2.24) is 14.7 Å². The molecule has 2 aromatic carbocycles. The first-order chi connectivity index (χ1) is 15.3. The van der Waals surface area contributed by atoms with Crippen LogP contribution in [0.15, 0.2) is 36.4 Å². The van der Waals surface area contributed by atoms with Crippen LogP contribution in [0.2, 0.25) is 5.02 Å². The van der Waals surface area contributed by atoms with Crippen molar-refractivity contribution in [2.24, 2.45) is 5.73 Å². The van der Waals surface area contributed by atoms with Gasteiger partial charge in [-0.15, -0.1) is 0 Å². The van der Waals surface area contributed by atoms with Gasteiger partial charge in [-0.2, -0.15) is 5.10 Å². The van der Waals surface area contributed by atoms with E-state index in [0.717, 1.165) is 16.7 Å². The molecule has 8 heteroatoms. The van der Waals surface area contributed by atoms with Crippen LogP contribution in [0.1, 0.15) is 32.7 Å². The molecule has 2 heterocycles. The van der Waals surface area contributed by atoms with Crippen LogP contribution in [0.4, 0.5) is 5.69 Å². The van der Waals surface area contributed by atoms with E-state index in [2.05, 4.69) is 9.94 Å². The molecular formula is C24H22ClN5O2. The third kappa shape index (κ3) is 3.97. The van der Waals surface area contributed by atoms with Crippen LogP contribution < -0.4 is 5.73 Å². The number of halogens is 1. The minimum absolute atomic E-state index is 0.0530. The van der Waals surface area contributed by atoms with E-state index in [1.165, 1.54) is 0 Å². The summed E-state index contributed by atoms with van der Waals surface area (Å²) in [5.41, 5.74) is 11.1. The van der Waals surface area contributed by atoms with Gasteiger partial charge in [0.05, 0.1) is 37.3 Å². The van der Waals surface area contributed by atoms with Gasteiger partial charge in [-0.3, -0.25) is 14.3 Å². The zero-order chi connectivity index (χ0) is 23.0. The number of hydrogen-bond acceptors (Lipinski definition) is 3. The molecule has 3 aromatic rings. The Morgan fingerprint density at radius 3 is 2.59 bits per heavy atom. The van der Waals surface area contributed by atoms with Crippen molar-refractivity contribution >= 4 is 29.1 Å². The summed E-state index contributed by atoms with van der Waals surface area (Å²) in [5.74, 6) is -0.639. The molecular weight excluding hydrogens is 426 g/mol. The zero-order valence-electron chi connectivity index (χ0n) is 17.9. The van der Waals surface area contributed by atoms with E-state index in [-0.39, 0.29) is 18.9 Å². The maximum Gasteiger partial charge on any atom is 0.252 e. The van der Waals surface area contributed by atoms with E-state index in [1.54, 1.807) is 27.8 Å². The fourth-order valence-corrected chi connectivity index (χ4v) is 4.15. The lowest BCUT2D eigenvalue weighted by Gasteiger charge is -2.28. The number of benzene rings is 2. The van der Waals surface area contributed by atoms with Gasteiger partial charge in [0.2, 0.25) is 5.91 Å². The molecule has 0 saturated carbocycles. The lowest BCUT2D eigenvalue weighted by Crippen LogP contribution is -2.40. The van der Waals surface area contributed by atoms with Crippen LogP contribution in [0.25, 0.3) is 16.1 Å². The van der Waals surface area contributed by atoms with Gasteiger partial charge in [0.15, 0.2) is 5.69 Å². The van der Waals surface area contributed by atoms with Crippen molar-refractivity contribution in [2.75, 3.05) is 6.54 Å². The number of amides is 2. The Kier molecular flexibility index (Phi) is 5.72. The number of aryl methyl sites for hydroxylation is 2. The number of hydrogen-bond donors (Lipinski definition) is 1. The van der Waals surface area contributed by atoms with Gasteiger partial charge in [0.25, 0.3) is 5.91 Å². The molecule has 0 aliphatic carbocycles. The van der Waals surface area contributed by atoms with E-state index in [9.17, 15) is 9.59 Å². The number of nitrogens with two attached hydrogens (primary N) is 1. The predicted octanol–water partition coefficient (Wildman–Crippen LogP) is 4.05. The van der Waals surface area contributed by atoms with Crippen LogP contribution in [0.3, 0.4) is 0 Å². The number of primary amides is 1. The smallest absolute Gasteiger partial charge is 0.252 e. The molecule has 162 valence electrons. The highest BCUT2D eigenvalue weighted by atomic mass is 35.5. The topological polar surface area (TPSA) is 85.6 Å². The molecule has 2 amide bonds. The first-order valence-corrected chi connectivity index (χ1v) is 10.6. The van der Waals surface area contributed by atoms with Gasteiger partial charge in [-0.05, 0) is 36.6 Å². The Balaban J connectivity index is 1.61. The summed E-state index contributed by atoms with van der Waals surface area (Å²) in [6, 6.07) is 10.9. The van der Waals surface area contributed by atoms with E-state index in [1.807, 2.05) is 32.0 Å². The standard InChI is InChI=1S/C24H22ClN5O2/c1-14-4-6-17(12-18(14)25)23-22(24(26)32)20-13-29(8-9-30(20)28-23)21(31)11-16-5-7-19(27-3)15(2)10-16/h4-7,10,12H,8-9,11,13H2,1-2H3,(H2,26,32). The Morgan fingerprint density at radius 2 is 1.94 bits per heavy atom. The van der Waals surface area contributed by atoms with Gasteiger partial charge in [0, 0.05) is 17.1 Å². The third-order valence-electron chi connectivity index (χ3n) is 5.76. The average Bonchev–Trinajstić information content (AvgIpc) is 3.14. The van der Waals surface area contributed by atoms with Crippen molar-refractivity contribution in [3.63, 3.8) is 0 Å². The molecule has 1 aromatic heterocycles. The lowest BCUT2D eigenvalue weighted by atomic mass is 10.0. The van der Waals surface area contributed by atoms with Crippen LogP contribution in [0, 0.1) is 20.4 Å². The molecule has 0 radical (unpaired) electrons. The van der Waals surface area contributed by atoms with E-state index >= 15 is 0 Å². The first-order valence-electron chi connectivity index (χ1n) is 10.2. The van der Waals surface area contributed by atoms with E-state index in [0.29, 0.717) is 46.3 Å². The molecule has 1 aliphatic heterocycles. The van der Waals surface area contributed by atoms with E-state index < -0.39 is 5.91 Å². The minimum Gasteiger partial charge on any atom is -0.365 e. The number of rotatable bonds is 4. The van der Waals surface area contributed by atoms with Gasteiger partial charge in [-0.1, -0.05) is 41.9 Å². The minimum atomic E-state index is -0.586. The van der Waals surface area contributed by atoms with Crippen molar-refractivity contribution in [2.45, 2.75) is 33.4 Å². The highest BCUT2D eigenvalue weighted by Crippen LogP contribution is 2.31. The predicted molar refractivity (Wildman–Crippen MR) is 122 cm³/mol. The second-order valence-corrected chi connectivity index (χ2v) is 8.35. The summed E-state index contributed by atoms with van der Waals surface area (Å²) < 4.78 is 1.75. The quantitative estimate of drug-likeness (QED) is 0.612. The van der Waals surface area contributed by atoms with Crippen LogP contribution in [0.5, 0.6) is 0 Å². The monoisotopic (exact) mass is 447 g/mol. The number of carbonyl (C=O) groups excluding carboxylic acids is 2. The van der Waals surface area contributed by atoms with Crippen LogP contribution in [-0.4, -0.2) is 33.0 Å². The maximum absolute atomic E-state index is 13.0. The number of fused-ring (bicyclic) bond motifs is 1. The van der Waals surface area contributed by atoms with Crippen molar-refractivity contribution in [3.8, 4) is 11.3 Å². The molecule has 0 atom stereocenters. The van der Waals surface area contributed by atoms with Crippen molar-refractivity contribution in [3.05, 3.63) is 80.8 Å². The van der Waals surface area contributed by atoms with Gasteiger partial charge in [-0.25, -0.2) is 4.85 Å². The highest BCUT2D eigenvalue weighted by Gasteiger charge is 2.29. The summed E-state index contributed by atoms with van der Waals surface area (Å²) in [6.07, 6.45) is 0.222. The molecule has 1 aliphatic rings. The Hall–Kier alpha value is -3.63. The summed E-state index contributed by atoms with van der Waals surface area (Å²) in [5, 5.41) is 5.20. The highest BCUT2D eigenvalue weighted by molar-refractivity contribution is 6.31. The number of carbonyl (C=O) groups is 2. The molecule has 0 fully saturated rings. The Morgan fingerprint density at radius 1 is 1.16 bits per heavy atom. The lowest BCUT2D eigenvalue weighted by molar-refractivity contribution is -0.132. The number of aromatic nitrogens is 2. The largest absolute Gasteiger partial charge is 0.365 e. The SMILES string of the molecule is [C-]#[N+]c1ccc(CC(=O)N2CCn3nc(-c4ccc(C)c(Cl)c4)c(C(N)=O)c3C2)cc1C. The molecule has 4 rings (SSSR count). The summed E-state index contributed by atoms with van der Waals surface area (Å²) in [7, 11) is 0. The molecule has 7 nitrogen and oxygen atoms in total. The molecule has 0 spiro atoms. The van der Waals surface area contributed by atoms with Crippen molar-refractivity contribution < 1.29 is 9.59 Å². The second-order valence-electron chi connectivity index (χ2n) is 7.95. The van der Waals surface area contributed by atoms with Crippen LogP contribution in [-0.2, 0) is 24.3 Å². The molecule has 0 saturated heterocycles. The van der Waals surface area contributed by atoms with Crippen molar-refractivity contribution in [1.29, 1.82) is 0 Å². The van der Waals surface area contributed by atoms with Crippen LogP contribution >= 0.6 is 11.6 Å². The summed E-state index contributed by atoms with van der Waals surface area (Å²) in [6.45, 7) is 12.1. The molecule has 0 unspecified atom stereocenters. The summed E-state index contributed by atoms with van der Waals surface area (Å²) >= 11 is 6.27. The third-order valence-corrected chi connectivity index (χ3v) is 6.17. The molecule has 0 bridgehead atoms. The van der Waals surface area contributed by atoms with E-state index in [4.69, 9.17) is 23.9 Å². The fraction of sp³-hybridized carbons (Fsp3) is 0.250. The average molecular weight is 448 g/mol. The van der Waals surface area contributed by atoms with Gasteiger partial charge >= 0.3 is 0 Å². The number of nitrogens with zero attached hydrogens (tertiary/aromatic N) is 4. The molecule has 2 N–H and O–H groups in total. The Bertz CT molecular complexity index is 1290.